The average molecular weight is 274 g/mol. The third-order valence-electron chi connectivity index (χ3n) is 5.14. The zero-order valence-electron chi connectivity index (χ0n) is 13.5. The van der Waals surface area contributed by atoms with Gasteiger partial charge in [0.25, 0.3) is 0 Å². The van der Waals surface area contributed by atoms with E-state index >= 15 is 0 Å². The number of likely N-dealkylation sites (tertiary alicyclic amines) is 1. The molecule has 1 fully saturated rings. The first-order valence-electron chi connectivity index (χ1n) is 8.09. The smallest absolute Gasteiger partial charge is 0.0501 e. The molecule has 112 valence electrons. The molecule has 0 amide bonds. The minimum atomic E-state index is 0.219. The number of aryl methyl sites for hydroxylation is 1. The molecular weight excluding hydrogens is 244 g/mol. The summed E-state index contributed by atoms with van der Waals surface area (Å²) in [6.45, 7) is 11.5. The van der Waals surface area contributed by atoms with Gasteiger partial charge in [-0.25, -0.2) is 0 Å². The van der Waals surface area contributed by atoms with Crippen molar-refractivity contribution in [2.45, 2.75) is 52.6 Å². The molecule has 4 atom stereocenters. The highest BCUT2D eigenvalue weighted by molar-refractivity contribution is 5.30. The highest BCUT2D eigenvalue weighted by Crippen LogP contribution is 2.33. The van der Waals surface area contributed by atoms with E-state index in [0.717, 1.165) is 18.3 Å². The van der Waals surface area contributed by atoms with Crippen molar-refractivity contribution >= 4 is 0 Å². The van der Waals surface area contributed by atoms with Crippen LogP contribution in [0.5, 0.6) is 0 Å². The Bertz CT molecular complexity index is 429. The van der Waals surface area contributed by atoms with Crippen LogP contribution in [-0.2, 0) is 0 Å². The van der Waals surface area contributed by atoms with Crippen molar-refractivity contribution in [2.75, 3.05) is 13.1 Å². The van der Waals surface area contributed by atoms with Gasteiger partial charge >= 0.3 is 0 Å². The number of hydrogen-bond acceptors (Lipinski definition) is 2. The molecule has 1 aliphatic rings. The zero-order valence-corrected chi connectivity index (χ0v) is 13.5. The van der Waals surface area contributed by atoms with E-state index in [2.05, 4.69) is 56.9 Å². The number of rotatable bonds is 4. The van der Waals surface area contributed by atoms with Crippen molar-refractivity contribution in [2.24, 2.45) is 17.6 Å². The molecule has 4 unspecified atom stereocenters. The van der Waals surface area contributed by atoms with Crippen LogP contribution in [0.1, 0.15) is 50.8 Å². The van der Waals surface area contributed by atoms with E-state index in [4.69, 9.17) is 5.73 Å². The van der Waals surface area contributed by atoms with Crippen LogP contribution in [0.25, 0.3) is 0 Å². The number of nitrogens with two attached hydrogens (primary N) is 1. The molecule has 0 spiro atoms. The summed E-state index contributed by atoms with van der Waals surface area (Å²) in [6, 6.07) is 9.33. The molecule has 2 rings (SSSR count). The van der Waals surface area contributed by atoms with Crippen LogP contribution in [0.3, 0.4) is 0 Å². The van der Waals surface area contributed by atoms with Crippen LogP contribution >= 0.6 is 0 Å². The Hall–Kier alpha value is -0.860. The Balaban J connectivity index is 2.27. The Morgan fingerprint density at radius 2 is 1.95 bits per heavy atom. The second-order valence-corrected chi connectivity index (χ2v) is 6.61. The lowest BCUT2D eigenvalue weighted by Crippen LogP contribution is -2.47. The summed E-state index contributed by atoms with van der Waals surface area (Å²) in [5, 5.41) is 0. The zero-order chi connectivity index (χ0) is 14.7. The van der Waals surface area contributed by atoms with Crippen molar-refractivity contribution in [1.82, 2.24) is 4.90 Å². The molecule has 20 heavy (non-hydrogen) atoms. The van der Waals surface area contributed by atoms with Crippen LogP contribution in [0.2, 0.25) is 0 Å². The normalized spacial score (nSPS) is 27.2. The van der Waals surface area contributed by atoms with E-state index in [9.17, 15) is 0 Å². The molecule has 0 saturated carbocycles. The topological polar surface area (TPSA) is 29.3 Å². The van der Waals surface area contributed by atoms with E-state index in [0.29, 0.717) is 6.04 Å². The highest BCUT2D eigenvalue weighted by atomic mass is 15.2. The summed E-state index contributed by atoms with van der Waals surface area (Å²) in [5.74, 6) is 1.60. The molecule has 0 bridgehead atoms. The molecule has 0 aromatic heterocycles. The molecule has 1 saturated heterocycles. The predicted molar refractivity (Wildman–Crippen MR) is 86.7 cm³/mol. The van der Waals surface area contributed by atoms with Gasteiger partial charge in [-0.05, 0) is 49.3 Å². The summed E-state index contributed by atoms with van der Waals surface area (Å²) in [4.78, 5) is 2.63. The fraction of sp³-hybridized carbons (Fsp3) is 0.667. The van der Waals surface area contributed by atoms with Crippen molar-refractivity contribution in [3.05, 3.63) is 35.4 Å². The van der Waals surface area contributed by atoms with Gasteiger partial charge < -0.3 is 5.73 Å². The van der Waals surface area contributed by atoms with Crippen molar-refractivity contribution < 1.29 is 0 Å². The molecular formula is C18H30N2. The fourth-order valence-electron chi connectivity index (χ4n) is 3.39. The van der Waals surface area contributed by atoms with Crippen LogP contribution in [0.4, 0.5) is 0 Å². The third-order valence-corrected chi connectivity index (χ3v) is 5.14. The largest absolute Gasteiger partial charge is 0.326 e. The summed E-state index contributed by atoms with van der Waals surface area (Å²) < 4.78 is 0. The van der Waals surface area contributed by atoms with Gasteiger partial charge in [0.1, 0.15) is 0 Å². The van der Waals surface area contributed by atoms with Crippen molar-refractivity contribution in [3.63, 3.8) is 0 Å². The molecule has 2 heteroatoms. The second kappa shape index (κ2) is 6.73. The van der Waals surface area contributed by atoms with Gasteiger partial charge in [0, 0.05) is 12.6 Å². The van der Waals surface area contributed by atoms with E-state index < -0.39 is 0 Å². The summed E-state index contributed by atoms with van der Waals surface area (Å²) in [7, 11) is 0. The van der Waals surface area contributed by atoms with Crippen LogP contribution in [-0.4, -0.2) is 24.0 Å². The Kier molecular flexibility index (Phi) is 5.22. The van der Waals surface area contributed by atoms with Gasteiger partial charge in [0.15, 0.2) is 0 Å². The van der Waals surface area contributed by atoms with Crippen LogP contribution < -0.4 is 5.73 Å². The lowest BCUT2D eigenvalue weighted by molar-refractivity contribution is 0.0813. The van der Waals surface area contributed by atoms with Crippen molar-refractivity contribution in [1.29, 1.82) is 0 Å². The highest BCUT2D eigenvalue weighted by Gasteiger charge is 2.32. The fourth-order valence-corrected chi connectivity index (χ4v) is 3.39. The molecule has 2 nitrogen and oxygen atoms in total. The number of benzene rings is 1. The molecule has 0 radical (unpaired) electrons. The molecule has 1 aromatic rings. The first-order valence-corrected chi connectivity index (χ1v) is 8.09. The van der Waals surface area contributed by atoms with E-state index in [1.54, 1.807) is 0 Å². The van der Waals surface area contributed by atoms with Gasteiger partial charge in [0.2, 0.25) is 0 Å². The second-order valence-electron chi connectivity index (χ2n) is 6.61. The van der Waals surface area contributed by atoms with Gasteiger partial charge in [-0.2, -0.15) is 0 Å². The molecule has 0 aliphatic carbocycles. The monoisotopic (exact) mass is 274 g/mol. The molecule has 1 aliphatic heterocycles. The summed E-state index contributed by atoms with van der Waals surface area (Å²) in [6.07, 6.45) is 2.32. The SMILES string of the molecule is CCC(N)C(c1ccccc1C)N1CCC(C)C(C)C1. The Morgan fingerprint density at radius 3 is 2.55 bits per heavy atom. The van der Waals surface area contributed by atoms with Crippen LogP contribution in [0, 0.1) is 18.8 Å². The predicted octanol–water partition coefficient (Wildman–Crippen LogP) is 3.75. The van der Waals surface area contributed by atoms with Gasteiger partial charge in [-0.3, -0.25) is 4.90 Å². The maximum Gasteiger partial charge on any atom is 0.0501 e. The lowest BCUT2D eigenvalue weighted by atomic mass is 9.85. The Morgan fingerprint density at radius 1 is 1.25 bits per heavy atom. The Labute approximate surface area is 124 Å². The lowest BCUT2D eigenvalue weighted by Gasteiger charge is -2.43. The minimum Gasteiger partial charge on any atom is -0.326 e. The maximum atomic E-state index is 6.49. The van der Waals surface area contributed by atoms with Gasteiger partial charge in [0.05, 0.1) is 6.04 Å². The van der Waals surface area contributed by atoms with Crippen LogP contribution in [0.15, 0.2) is 24.3 Å². The average Bonchev–Trinajstić information content (AvgIpc) is 2.44. The number of piperidine rings is 1. The van der Waals surface area contributed by atoms with E-state index in [1.165, 1.54) is 30.6 Å². The standard InChI is InChI=1S/C18H30N2/c1-5-17(19)18(16-9-7-6-8-14(16)3)20-11-10-13(2)15(4)12-20/h6-9,13,15,17-18H,5,10-12,19H2,1-4H3. The first-order chi connectivity index (χ1) is 9.54. The maximum absolute atomic E-state index is 6.49. The minimum absolute atomic E-state index is 0.219. The quantitative estimate of drug-likeness (QED) is 0.906. The molecule has 1 heterocycles. The third kappa shape index (κ3) is 3.24. The molecule has 2 N–H and O–H groups in total. The summed E-state index contributed by atoms with van der Waals surface area (Å²) >= 11 is 0. The van der Waals surface area contributed by atoms with E-state index in [1.807, 2.05) is 0 Å². The van der Waals surface area contributed by atoms with Gasteiger partial charge in [-0.15, -0.1) is 0 Å². The summed E-state index contributed by atoms with van der Waals surface area (Å²) in [5.41, 5.74) is 9.28. The molecule has 1 aromatic carbocycles. The number of hydrogen-bond donors (Lipinski definition) is 1. The first kappa shape index (κ1) is 15.5. The van der Waals surface area contributed by atoms with Crippen molar-refractivity contribution in [3.8, 4) is 0 Å². The van der Waals surface area contributed by atoms with E-state index in [-0.39, 0.29) is 6.04 Å². The van der Waals surface area contributed by atoms with Gasteiger partial charge in [-0.1, -0.05) is 45.0 Å². The number of nitrogens with zero attached hydrogens (tertiary/aromatic N) is 1.